The van der Waals surface area contributed by atoms with Gasteiger partial charge in [-0.1, -0.05) is 19.1 Å². The molecule has 0 unspecified atom stereocenters. The number of rotatable bonds is 5. The standard InChI is InChI=1S/C14H21N3O/c1-3-12(15)8-10(2)14(16)17-9-11-4-6-13(18)7-5-11/h4-8,17-18H,3,9,15-16H2,1-2H3/b12-8-,14-10+. The van der Waals surface area contributed by atoms with Gasteiger partial charge in [-0.05, 0) is 42.7 Å². The molecule has 0 aliphatic carbocycles. The number of phenols is 1. The smallest absolute Gasteiger partial charge is 0.115 e. The summed E-state index contributed by atoms with van der Waals surface area (Å²) in [7, 11) is 0. The normalized spacial score (nSPS) is 13.1. The number of hydrogen-bond acceptors (Lipinski definition) is 4. The highest BCUT2D eigenvalue weighted by Crippen LogP contribution is 2.10. The Labute approximate surface area is 108 Å². The summed E-state index contributed by atoms with van der Waals surface area (Å²) in [6.07, 6.45) is 2.68. The third kappa shape index (κ3) is 4.41. The lowest BCUT2D eigenvalue weighted by Crippen LogP contribution is -2.21. The van der Waals surface area contributed by atoms with Crippen LogP contribution >= 0.6 is 0 Å². The van der Waals surface area contributed by atoms with Crippen LogP contribution in [0.2, 0.25) is 0 Å². The second-order valence-electron chi connectivity index (χ2n) is 4.19. The number of allylic oxidation sites excluding steroid dienone is 3. The maximum atomic E-state index is 9.17. The minimum Gasteiger partial charge on any atom is -0.508 e. The van der Waals surface area contributed by atoms with Crippen molar-refractivity contribution in [2.45, 2.75) is 26.8 Å². The van der Waals surface area contributed by atoms with Crippen molar-refractivity contribution >= 4 is 0 Å². The van der Waals surface area contributed by atoms with E-state index in [1.165, 1.54) is 0 Å². The van der Waals surface area contributed by atoms with E-state index >= 15 is 0 Å². The molecular formula is C14H21N3O. The van der Waals surface area contributed by atoms with Gasteiger partial charge in [0.25, 0.3) is 0 Å². The first-order chi connectivity index (χ1) is 8.52. The van der Waals surface area contributed by atoms with Gasteiger partial charge in [-0.15, -0.1) is 0 Å². The second kappa shape index (κ2) is 6.59. The van der Waals surface area contributed by atoms with E-state index < -0.39 is 0 Å². The monoisotopic (exact) mass is 247 g/mol. The van der Waals surface area contributed by atoms with Crippen molar-refractivity contribution in [3.05, 3.63) is 53.0 Å². The van der Waals surface area contributed by atoms with E-state index in [-0.39, 0.29) is 5.75 Å². The number of nitrogens with one attached hydrogen (secondary N) is 1. The molecule has 1 aromatic rings. The Hall–Kier alpha value is -2.10. The summed E-state index contributed by atoms with van der Waals surface area (Å²) < 4.78 is 0. The van der Waals surface area contributed by atoms with Gasteiger partial charge < -0.3 is 21.9 Å². The fraction of sp³-hybridized carbons (Fsp3) is 0.286. The second-order valence-corrected chi connectivity index (χ2v) is 4.19. The number of nitrogens with two attached hydrogens (primary N) is 2. The first kappa shape index (κ1) is 14.0. The van der Waals surface area contributed by atoms with E-state index in [9.17, 15) is 5.11 Å². The van der Waals surface area contributed by atoms with Crippen molar-refractivity contribution in [2.24, 2.45) is 11.5 Å². The fourth-order valence-electron chi connectivity index (χ4n) is 1.41. The Kier molecular flexibility index (Phi) is 5.11. The zero-order valence-corrected chi connectivity index (χ0v) is 10.9. The van der Waals surface area contributed by atoms with Gasteiger partial charge in [0.15, 0.2) is 0 Å². The van der Waals surface area contributed by atoms with Crippen LogP contribution in [-0.4, -0.2) is 5.11 Å². The molecule has 18 heavy (non-hydrogen) atoms. The van der Waals surface area contributed by atoms with E-state index in [0.717, 1.165) is 23.3 Å². The van der Waals surface area contributed by atoms with E-state index in [1.54, 1.807) is 12.1 Å². The van der Waals surface area contributed by atoms with E-state index in [1.807, 2.05) is 32.1 Å². The molecule has 0 aromatic heterocycles. The van der Waals surface area contributed by atoms with Crippen LogP contribution in [0.4, 0.5) is 0 Å². The van der Waals surface area contributed by atoms with E-state index in [4.69, 9.17) is 11.5 Å². The van der Waals surface area contributed by atoms with Crippen LogP contribution in [0, 0.1) is 0 Å². The van der Waals surface area contributed by atoms with Crippen LogP contribution in [0.3, 0.4) is 0 Å². The van der Waals surface area contributed by atoms with Crippen LogP contribution in [-0.2, 0) is 6.54 Å². The lowest BCUT2D eigenvalue weighted by molar-refractivity contribution is 0.475. The summed E-state index contributed by atoms with van der Waals surface area (Å²) in [4.78, 5) is 0. The van der Waals surface area contributed by atoms with Gasteiger partial charge in [0.1, 0.15) is 5.75 Å². The highest BCUT2D eigenvalue weighted by Gasteiger charge is 1.97. The summed E-state index contributed by atoms with van der Waals surface area (Å²) in [6, 6.07) is 7.00. The Bertz CT molecular complexity index is 447. The average Bonchev–Trinajstić information content (AvgIpc) is 2.37. The van der Waals surface area contributed by atoms with Crippen LogP contribution in [0.5, 0.6) is 5.75 Å². The molecule has 0 aliphatic rings. The van der Waals surface area contributed by atoms with Crippen molar-refractivity contribution in [3.63, 3.8) is 0 Å². The van der Waals surface area contributed by atoms with Crippen molar-refractivity contribution in [1.29, 1.82) is 0 Å². The van der Waals surface area contributed by atoms with Gasteiger partial charge in [0, 0.05) is 12.2 Å². The number of hydrogen-bond donors (Lipinski definition) is 4. The molecule has 0 atom stereocenters. The molecule has 4 nitrogen and oxygen atoms in total. The molecule has 98 valence electrons. The van der Waals surface area contributed by atoms with E-state index in [2.05, 4.69) is 5.32 Å². The quantitative estimate of drug-likeness (QED) is 0.599. The van der Waals surface area contributed by atoms with Crippen LogP contribution in [0.25, 0.3) is 0 Å². The molecule has 0 fully saturated rings. The molecule has 0 saturated carbocycles. The summed E-state index contributed by atoms with van der Waals surface area (Å²) in [5.74, 6) is 0.872. The van der Waals surface area contributed by atoms with Gasteiger partial charge in [-0.2, -0.15) is 0 Å². The lowest BCUT2D eigenvalue weighted by Gasteiger charge is -2.09. The largest absolute Gasteiger partial charge is 0.508 e. The molecule has 4 heteroatoms. The minimum atomic E-state index is 0.261. The van der Waals surface area contributed by atoms with E-state index in [0.29, 0.717) is 12.4 Å². The maximum absolute atomic E-state index is 9.17. The summed E-state index contributed by atoms with van der Waals surface area (Å²) >= 11 is 0. The lowest BCUT2D eigenvalue weighted by atomic mass is 10.2. The Morgan fingerprint density at radius 3 is 2.44 bits per heavy atom. The van der Waals surface area contributed by atoms with Crippen LogP contribution < -0.4 is 16.8 Å². The third-order valence-electron chi connectivity index (χ3n) is 2.65. The molecule has 0 saturated heterocycles. The highest BCUT2D eigenvalue weighted by atomic mass is 16.3. The SMILES string of the molecule is CC/C(N)=C/C(C)=C(\N)NCc1ccc(O)cc1. The maximum Gasteiger partial charge on any atom is 0.115 e. The molecule has 0 heterocycles. The minimum absolute atomic E-state index is 0.261. The number of phenolic OH excluding ortho intramolecular Hbond substituents is 1. The third-order valence-corrected chi connectivity index (χ3v) is 2.65. The molecule has 0 amide bonds. The zero-order valence-electron chi connectivity index (χ0n) is 10.9. The first-order valence-electron chi connectivity index (χ1n) is 5.97. The predicted molar refractivity (Wildman–Crippen MR) is 74.4 cm³/mol. The Morgan fingerprint density at radius 1 is 1.28 bits per heavy atom. The summed E-state index contributed by atoms with van der Waals surface area (Å²) in [5, 5.41) is 12.3. The molecule has 6 N–H and O–H groups in total. The van der Waals surface area contributed by atoms with Gasteiger partial charge >= 0.3 is 0 Å². The Morgan fingerprint density at radius 2 is 1.89 bits per heavy atom. The van der Waals surface area contributed by atoms with Crippen molar-refractivity contribution < 1.29 is 5.11 Å². The van der Waals surface area contributed by atoms with Gasteiger partial charge in [-0.25, -0.2) is 0 Å². The molecule has 0 spiro atoms. The first-order valence-corrected chi connectivity index (χ1v) is 5.97. The summed E-state index contributed by atoms with van der Waals surface area (Å²) in [5.41, 5.74) is 14.5. The van der Waals surface area contributed by atoms with Crippen molar-refractivity contribution in [1.82, 2.24) is 5.32 Å². The summed E-state index contributed by atoms with van der Waals surface area (Å²) in [6.45, 7) is 4.53. The van der Waals surface area contributed by atoms with Gasteiger partial charge in [-0.3, -0.25) is 0 Å². The zero-order chi connectivity index (χ0) is 13.5. The van der Waals surface area contributed by atoms with Crippen molar-refractivity contribution in [2.75, 3.05) is 0 Å². The van der Waals surface area contributed by atoms with Gasteiger partial charge in [0.05, 0.1) is 5.82 Å². The number of aromatic hydroxyl groups is 1. The topological polar surface area (TPSA) is 84.3 Å². The molecule has 0 radical (unpaired) electrons. The van der Waals surface area contributed by atoms with Crippen molar-refractivity contribution in [3.8, 4) is 5.75 Å². The van der Waals surface area contributed by atoms with Crippen LogP contribution in [0.1, 0.15) is 25.8 Å². The Balaban J connectivity index is 2.62. The fourth-order valence-corrected chi connectivity index (χ4v) is 1.41. The molecular weight excluding hydrogens is 226 g/mol. The molecule has 1 rings (SSSR count). The predicted octanol–water partition coefficient (Wildman–Crippen LogP) is 1.92. The average molecular weight is 247 g/mol. The van der Waals surface area contributed by atoms with Gasteiger partial charge in [0.2, 0.25) is 0 Å². The molecule has 1 aromatic carbocycles. The van der Waals surface area contributed by atoms with Crippen LogP contribution in [0.15, 0.2) is 47.4 Å². The number of benzene rings is 1. The highest BCUT2D eigenvalue weighted by molar-refractivity contribution is 5.27. The molecule has 0 bridgehead atoms. The molecule has 0 aliphatic heterocycles.